The van der Waals surface area contributed by atoms with Gasteiger partial charge in [-0.25, -0.2) is 4.79 Å². The molecule has 1 N–H and O–H groups in total. The van der Waals surface area contributed by atoms with Crippen LogP contribution in [0.3, 0.4) is 0 Å². The van der Waals surface area contributed by atoms with Crippen LogP contribution in [0.1, 0.15) is 6.42 Å². The first-order chi connectivity index (χ1) is 9.29. The van der Waals surface area contributed by atoms with E-state index in [1.165, 1.54) is 0 Å². The molecule has 1 aromatic rings. The van der Waals surface area contributed by atoms with Gasteiger partial charge < -0.3 is 10.2 Å². The molecule has 0 unspecified atom stereocenters. The second-order valence-corrected chi connectivity index (χ2v) is 4.53. The largest absolute Gasteiger partial charge is 0.322 e. The Morgan fingerprint density at radius 2 is 1.89 bits per heavy atom. The average Bonchev–Trinajstić information content (AvgIpc) is 2.46. The molecule has 1 aromatic carbocycles. The second kappa shape index (κ2) is 6.76. The monoisotopic (exact) mass is 258 g/mol. The summed E-state index contributed by atoms with van der Waals surface area (Å²) < 4.78 is 0. The summed E-state index contributed by atoms with van der Waals surface area (Å²) in [6.45, 7) is 3.90. The average molecular weight is 258 g/mol. The number of para-hydroxylation sites is 1. The molecule has 19 heavy (non-hydrogen) atoms. The van der Waals surface area contributed by atoms with E-state index in [-0.39, 0.29) is 6.03 Å². The number of hydrogen-bond donors (Lipinski definition) is 1. The predicted molar refractivity (Wildman–Crippen MR) is 73.7 cm³/mol. The standard InChI is InChI=1S/C14H18N4O/c15-7-4-8-17-9-11-18(12-10-17)14(19)16-13-5-2-1-3-6-13/h1-3,5-6H,4,8-12H2,(H,16,19). The van der Waals surface area contributed by atoms with Crippen molar-refractivity contribution in [2.75, 3.05) is 38.0 Å². The molecule has 0 atom stereocenters. The van der Waals surface area contributed by atoms with E-state index in [9.17, 15) is 4.79 Å². The van der Waals surface area contributed by atoms with Gasteiger partial charge in [0.05, 0.1) is 6.07 Å². The fourth-order valence-corrected chi connectivity index (χ4v) is 2.11. The van der Waals surface area contributed by atoms with Gasteiger partial charge in [0.25, 0.3) is 0 Å². The summed E-state index contributed by atoms with van der Waals surface area (Å²) >= 11 is 0. The first kappa shape index (κ1) is 13.4. The van der Waals surface area contributed by atoms with Gasteiger partial charge >= 0.3 is 6.03 Å². The fourth-order valence-electron chi connectivity index (χ4n) is 2.11. The lowest BCUT2D eigenvalue weighted by Gasteiger charge is -2.34. The van der Waals surface area contributed by atoms with Crippen molar-refractivity contribution in [1.29, 1.82) is 5.26 Å². The van der Waals surface area contributed by atoms with Gasteiger partial charge in [0.1, 0.15) is 0 Å². The van der Waals surface area contributed by atoms with Gasteiger partial charge in [-0.15, -0.1) is 0 Å². The molecule has 0 bridgehead atoms. The first-order valence-corrected chi connectivity index (χ1v) is 6.50. The summed E-state index contributed by atoms with van der Waals surface area (Å²) in [5.74, 6) is 0. The minimum absolute atomic E-state index is 0.0499. The summed E-state index contributed by atoms with van der Waals surface area (Å²) in [4.78, 5) is 16.1. The number of hydrogen-bond acceptors (Lipinski definition) is 3. The van der Waals surface area contributed by atoms with Crippen molar-refractivity contribution in [3.63, 3.8) is 0 Å². The normalized spacial score (nSPS) is 15.8. The highest BCUT2D eigenvalue weighted by Crippen LogP contribution is 2.08. The van der Waals surface area contributed by atoms with Crippen LogP contribution >= 0.6 is 0 Å². The van der Waals surface area contributed by atoms with E-state index in [0.717, 1.165) is 25.3 Å². The summed E-state index contributed by atoms with van der Waals surface area (Å²) in [6, 6.07) is 11.6. The number of nitrogens with zero attached hydrogens (tertiary/aromatic N) is 3. The Balaban J connectivity index is 1.78. The van der Waals surface area contributed by atoms with Crippen LogP contribution in [0.25, 0.3) is 0 Å². The molecule has 0 spiro atoms. The second-order valence-electron chi connectivity index (χ2n) is 4.53. The molecule has 1 fully saturated rings. The number of amides is 2. The number of anilines is 1. The van der Waals surface area contributed by atoms with Gasteiger partial charge in [-0.2, -0.15) is 5.26 Å². The highest BCUT2D eigenvalue weighted by atomic mass is 16.2. The minimum Gasteiger partial charge on any atom is -0.322 e. The molecule has 1 heterocycles. The topological polar surface area (TPSA) is 59.4 Å². The zero-order valence-corrected chi connectivity index (χ0v) is 10.9. The highest BCUT2D eigenvalue weighted by Gasteiger charge is 2.20. The number of benzene rings is 1. The van der Waals surface area contributed by atoms with Crippen LogP contribution in [0.5, 0.6) is 0 Å². The third kappa shape index (κ3) is 3.97. The van der Waals surface area contributed by atoms with E-state index in [4.69, 9.17) is 5.26 Å². The van der Waals surface area contributed by atoms with Crippen molar-refractivity contribution < 1.29 is 4.79 Å². The van der Waals surface area contributed by atoms with Gasteiger partial charge in [-0.3, -0.25) is 4.90 Å². The Bertz CT molecular complexity index is 446. The number of piperazine rings is 1. The lowest BCUT2D eigenvalue weighted by Crippen LogP contribution is -2.50. The zero-order chi connectivity index (χ0) is 13.5. The summed E-state index contributed by atoms with van der Waals surface area (Å²) in [5, 5.41) is 11.4. The zero-order valence-electron chi connectivity index (χ0n) is 10.9. The van der Waals surface area contributed by atoms with Crippen molar-refractivity contribution in [3.05, 3.63) is 30.3 Å². The lowest BCUT2D eigenvalue weighted by atomic mass is 10.3. The van der Waals surface area contributed by atoms with Crippen molar-refractivity contribution >= 4 is 11.7 Å². The Kier molecular flexibility index (Phi) is 4.76. The maximum atomic E-state index is 12.0. The number of nitriles is 1. The molecule has 1 saturated heterocycles. The Morgan fingerprint density at radius 1 is 1.21 bits per heavy atom. The van der Waals surface area contributed by atoms with Crippen molar-refractivity contribution in [2.45, 2.75) is 6.42 Å². The smallest absolute Gasteiger partial charge is 0.321 e. The molecule has 1 aliphatic heterocycles. The SMILES string of the molecule is N#CCCN1CCN(C(=O)Nc2ccccc2)CC1. The summed E-state index contributed by atoms with van der Waals surface area (Å²) in [5.41, 5.74) is 0.819. The molecular weight excluding hydrogens is 240 g/mol. The number of carbonyl (C=O) groups is 1. The fraction of sp³-hybridized carbons (Fsp3) is 0.429. The van der Waals surface area contributed by atoms with Gasteiger partial charge in [0.15, 0.2) is 0 Å². The molecule has 100 valence electrons. The maximum Gasteiger partial charge on any atom is 0.321 e. The number of nitrogens with one attached hydrogen (secondary N) is 1. The van der Waals surface area contributed by atoms with Crippen LogP contribution in [0.2, 0.25) is 0 Å². The number of carbonyl (C=O) groups excluding carboxylic acids is 1. The van der Waals surface area contributed by atoms with Crippen LogP contribution in [0.4, 0.5) is 10.5 Å². The predicted octanol–water partition coefficient (Wildman–Crippen LogP) is 1.75. The van der Waals surface area contributed by atoms with Crippen LogP contribution < -0.4 is 5.32 Å². The van der Waals surface area contributed by atoms with Crippen LogP contribution in [-0.2, 0) is 0 Å². The van der Waals surface area contributed by atoms with Gasteiger partial charge in [0, 0.05) is 44.8 Å². The van der Waals surface area contributed by atoms with E-state index < -0.39 is 0 Å². The van der Waals surface area contributed by atoms with Gasteiger partial charge in [0.2, 0.25) is 0 Å². The van der Waals surface area contributed by atoms with Crippen LogP contribution in [0.15, 0.2) is 30.3 Å². The molecule has 5 heteroatoms. The minimum atomic E-state index is -0.0499. The summed E-state index contributed by atoms with van der Waals surface area (Å²) in [7, 11) is 0. The van der Waals surface area contributed by atoms with Crippen molar-refractivity contribution in [1.82, 2.24) is 9.80 Å². The molecule has 0 aromatic heterocycles. The van der Waals surface area contributed by atoms with E-state index >= 15 is 0 Å². The van der Waals surface area contributed by atoms with Crippen LogP contribution in [0, 0.1) is 11.3 Å². The van der Waals surface area contributed by atoms with E-state index in [2.05, 4.69) is 16.3 Å². The molecule has 2 amide bonds. The quantitative estimate of drug-likeness (QED) is 0.898. The molecule has 2 rings (SSSR count). The Labute approximate surface area is 113 Å². The van der Waals surface area contributed by atoms with E-state index in [0.29, 0.717) is 19.5 Å². The molecule has 0 radical (unpaired) electrons. The molecule has 0 aliphatic carbocycles. The van der Waals surface area contributed by atoms with E-state index in [1.54, 1.807) is 0 Å². The van der Waals surface area contributed by atoms with E-state index in [1.807, 2.05) is 35.2 Å². The third-order valence-corrected chi connectivity index (χ3v) is 3.22. The van der Waals surface area contributed by atoms with Crippen molar-refractivity contribution in [2.24, 2.45) is 0 Å². The third-order valence-electron chi connectivity index (χ3n) is 3.22. The van der Waals surface area contributed by atoms with Gasteiger partial charge in [-0.05, 0) is 12.1 Å². The lowest BCUT2D eigenvalue weighted by molar-refractivity contribution is 0.149. The van der Waals surface area contributed by atoms with Crippen molar-refractivity contribution in [3.8, 4) is 6.07 Å². The number of urea groups is 1. The Morgan fingerprint density at radius 3 is 2.53 bits per heavy atom. The highest BCUT2D eigenvalue weighted by molar-refractivity contribution is 5.89. The maximum absolute atomic E-state index is 12.0. The summed E-state index contributed by atoms with van der Waals surface area (Å²) in [6.07, 6.45) is 0.552. The molecular formula is C14H18N4O. The van der Waals surface area contributed by atoms with Crippen LogP contribution in [-0.4, -0.2) is 48.6 Å². The molecule has 0 saturated carbocycles. The Hall–Kier alpha value is -2.06. The first-order valence-electron chi connectivity index (χ1n) is 6.50. The molecule has 1 aliphatic rings. The molecule has 5 nitrogen and oxygen atoms in total. The number of rotatable bonds is 3. The van der Waals surface area contributed by atoms with Gasteiger partial charge in [-0.1, -0.05) is 18.2 Å².